The van der Waals surface area contributed by atoms with Crippen molar-refractivity contribution in [1.29, 1.82) is 0 Å². The molecular weight excluding hydrogens is 2000 g/mol. The van der Waals surface area contributed by atoms with Crippen LogP contribution >= 0.6 is 43.2 Å². The van der Waals surface area contributed by atoms with Gasteiger partial charge in [-0.15, -0.1) is 0 Å². The number of nitrogens with zero attached hydrogens (tertiary/aromatic N) is 2. The number of carbonyl (C=O) groups excluding carboxylic acids is 12. The number of carboxylic acids is 2. The smallest absolute Gasteiger partial charge is 0.310 e. The Balaban J connectivity index is 0.000000770. The van der Waals surface area contributed by atoms with E-state index in [1.165, 1.54) is 102 Å². The first kappa shape index (κ1) is 138. The van der Waals surface area contributed by atoms with Crippen molar-refractivity contribution in [3.8, 4) is 0 Å². The van der Waals surface area contributed by atoms with E-state index in [0.29, 0.717) is 107 Å². The van der Waals surface area contributed by atoms with Crippen LogP contribution in [0.15, 0.2) is 0 Å². The van der Waals surface area contributed by atoms with Gasteiger partial charge >= 0.3 is 71.6 Å². The van der Waals surface area contributed by atoms with Gasteiger partial charge in [0.1, 0.15) is 38.6 Å². The molecule has 0 bridgehead atoms. The Morgan fingerprint density at radius 3 is 1.07 bits per heavy atom. The van der Waals surface area contributed by atoms with Crippen LogP contribution in [0, 0.1) is 34.0 Å². The summed E-state index contributed by atoms with van der Waals surface area (Å²) in [6.45, 7) is 25.9. The molecule has 0 aromatic rings. The SMILES string of the molecule is CCCCCCCCC(CCCCCC)COC(=O)CCCC(=O)OCC(C)(C)C(C(=O)NCCC(=O)OCCN1CCOCC1)C(CCC(=O)O)(CC(CCCCCC)OC(=O)CCCCC1CCSS1)C(=O)O.CCCCCCCCC(CCCCCC)COC(=O)CCCC(=O)OCC(C)(C)C(OC(=O)CCCC(=O)OCC(CCCCCC)OC(=O)CCCCC1CCSS1)C(=O)NCCC(=O)OCCN1CCOCC1. The van der Waals surface area contributed by atoms with E-state index < -0.39 is 125 Å². The first-order valence-corrected chi connectivity index (χ1v) is 62.9. The van der Waals surface area contributed by atoms with Gasteiger partial charge in [-0.05, 0) is 127 Å². The number of unbranched alkanes of at least 4 members (excludes halogenated alkanes) is 24. The van der Waals surface area contributed by atoms with Crippen LogP contribution < -0.4 is 10.6 Å². The molecule has 4 rings (SSSR count). The second kappa shape index (κ2) is 87.9. The average molecular weight is 2200 g/mol. The maximum Gasteiger partial charge on any atom is 0.310 e. The predicted molar refractivity (Wildman–Crippen MR) is 592 cm³/mol. The molecule has 0 aromatic heterocycles. The minimum atomic E-state index is -2.14. The summed E-state index contributed by atoms with van der Waals surface area (Å²) in [6.07, 6.45) is 39.1. The molecule has 0 aliphatic carbocycles. The van der Waals surface area contributed by atoms with Crippen molar-refractivity contribution in [2.75, 3.05) is 137 Å². The van der Waals surface area contributed by atoms with Crippen molar-refractivity contribution in [2.24, 2.45) is 34.0 Å². The van der Waals surface area contributed by atoms with Crippen molar-refractivity contribution < 1.29 is 134 Å². The van der Waals surface area contributed by atoms with Gasteiger partial charge in [-0.1, -0.05) is 292 Å². The molecule has 0 saturated carbocycles. The zero-order valence-electron chi connectivity index (χ0n) is 94.0. The van der Waals surface area contributed by atoms with E-state index in [4.69, 9.17) is 56.8 Å². The Bertz CT molecular complexity index is 3660. The number of hydrogen-bond donors (Lipinski definition) is 4. The third-order valence-corrected chi connectivity index (χ3v) is 34.3. The van der Waals surface area contributed by atoms with Gasteiger partial charge in [-0.2, -0.15) is 0 Å². The predicted octanol–water partition coefficient (Wildman–Crippen LogP) is 22.7. The van der Waals surface area contributed by atoms with Gasteiger partial charge in [0.25, 0.3) is 5.91 Å². The van der Waals surface area contributed by atoms with Crippen LogP contribution in [0.1, 0.15) is 442 Å². The molecule has 0 spiro atoms. The standard InChI is InChI=1S/2C57H100N2O14S2/c1-6-9-12-15-16-18-25-46(24-17-13-10-7-2)43-69-49(60)29-22-31-51(62)71-45-57(4,5)55(56(66)58-35-33-52(63)68-41-38-59-36-39-67-40-37-59)73-54(65)32-23-30-50(61)70-44-47(26-19-14-11-8-3)72-53(64)28-21-20-27-48-34-42-74-75-48;1-6-9-12-15-16-18-24-45(23-17-13-10-7-2)43-71-49(62)28-22-29-50(63)72-44-56(4,5)53(54(66)58-34-31-51(64)70-40-37-59-35-38-69-39-36-59)57(55(67)68,33-30-48(60)61)42-46(25-19-14-11-8-3)73-52(65)27-21-20-26-47-32-41-74-75-47/h46-48,55H,6-45H2,1-5H3,(H,58,66);45-47,53H,6-44H2,1-5H3,(H,58,66)(H,60,61)(H,67,68). The summed E-state index contributed by atoms with van der Waals surface area (Å²) in [4.78, 5) is 189. The number of carbonyl (C=O) groups is 14. The summed E-state index contributed by atoms with van der Waals surface area (Å²) in [5, 5.41) is 28.1. The monoisotopic (exact) mass is 2200 g/mol. The summed E-state index contributed by atoms with van der Waals surface area (Å²) < 4.78 is 67.6. The molecule has 150 heavy (non-hydrogen) atoms. The molecule has 9 atom stereocenters. The molecule has 868 valence electrons. The Morgan fingerprint density at radius 2 is 0.680 bits per heavy atom. The Kier molecular flexibility index (Phi) is 80.8. The van der Waals surface area contributed by atoms with Crippen molar-refractivity contribution in [1.82, 2.24) is 20.4 Å². The van der Waals surface area contributed by atoms with Crippen LogP contribution in [0.25, 0.3) is 0 Å². The fourth-order valence-electron chi connectivity index (χ4n) is 19.1. The quantitative estimate of drug-likeness (QED) is 0.0190. The molecule has 4 aliphatic rings. The molecule has 9 unspecified atom stereocenters. The maximum absolute atomic E-state index is 14.8. The fourth-order valence-corrected chi connectivity index (χ4v) is 25.2. The van der Waals surface area contributed by atoms with Crippen LogP contribution in [0.4, 0.5) is 0 Å². The highest BCUT2D eigenvalue weighted by atomic mass is 33.1. The highest BCUT2D eigenvalue weighted by Crippen LogP contribution is 2.50. The first-order valence-electron chi connectivity index (χ1n) is 58.2. The molecule has 32 nitrogen and oxygen atoms in total. The van der Waals surface area contributed by atoms with E-state index in [2.05, 4.69) is 62.0 Å². The Hall–Kier alpha value is -6.18. The minimum absolute atomic E-state index is 0.00712. The summed E-state index contributed by atoms with van der Waals surface area (Å²) >= 11 is 0. The van der Waals surface area contributed by atoms with Gasteiger partial charge in [0.05, 0.1) is 70.4 Å². The number of morpholine rings is 2. The number of nitrogens with one attached hydrogen (secondary N) is 2. The van der Waals surface area contributed by atoms with Gasteiger partial charge < -0.3 is 77.7 Å². The molecule has 36 heteroatoms. The van der Waals surface area contributed by atoms with E-state index >= 15 is 0 Å². The van der Waals surface area contributed by atoms with Crippen LogP contribution in [0.2, 0.25) is 0 Å². The fraction of sp³-hybridized carbons (Fsp3) is 0.877. The normalized spacial score (nSPS) is 16.6. The number of hydrogen-bond acceptors (Lipinski definition) is 32. The van der Waals surface area contributed by atoms with E-state index in [-0.39, 0.29) is 141 Å². The molecule has 4 fully saturated rings. The van der Waals surface area contributed by atoms with Crippen molar-refractivity contribution in [3.05, 3.63) is 0 Å². The molecular formula is C114H200N4O28S4. The number of esters is 10. The van der Waals surface area contributed by atoms with E-state index in [1.807, 2.05) is 43.2 Å². The lowest BCUT2D eigenvalue weighted by Gasteiger charge is -2.45. The van der Waals surface area contributed by atoms with Gasteiger partial charge in [-0.25, -0.2) is 0 Å². The lowest BCUT2D eigenvalue weighted by molar-refractivity contribution is -0.175. The number of carboxylic acid groups (broad SMARTS) is 2. The minimum Gasteiger partial charge on any atom is -0.481 e. The van der Waals surface area contributed by atoms with Gasteiger partial charge in [0.15, 0.2) is 6.10 Å². The van der Waals surface area contributed by atoms with Crippen molar-refractivity contribution in [3.63, 3.8) is 0 Å². The average Bonchev–Trinajstić information content (AvgIpc) is 0.815. The highest BCUT2D eigenvalue weighted by molar-refractivity contribution is 8.77. The molecule has 0 radical (unpaired) electrons. The van der Waals surface area contributed by atoms with Crippen molar-refractivity contribution in [2.45, 2.75) is 470 Å². The zero-order chi connectivity index (χ0) is 110. The van der Waals surface area contributed by atoms with Crippen LogP contribution in [-0.2, 0) is 124 Å². The maximum atomic E-state index is 14.8. The molecule has 0 aromatic carbocycles. The van der Waals surface area contributed by atoms with Crippen LogP contribution in [0.5, 0.6) is 0 Å². The third kappa shape index (κ3) is 69.0. The second-order valence-corrected chi connectivity index (χ2v) is 48.4. The molecule has 2 amide bonds. The van der Waals surface area contributed by atoms with Crippen LogP contribution in [-0.4, -0.2) is 269 Å². The molecule has 4 aliphatic heterocycles. The highest BCUT2D eigenvalue weighted by Gasteiger charge is 2.57. The summed E-state index contributed by atoms with van der Waals surface area (Å²) in [5.41, 5.74) is -4.83. The largest absolute Gasteiger partial charge is 0.481 e. The topological polar surface area (TPSA) is 421 Å². The number of ether oxygens (including phenoxy) is 12. The van der Waals surface area contributed by atoms with E-state index in [1.54, 1.807) is 27.7 Å². The molecule has 4 N–H and O–H groups in total. The number of rotatable bonds is 92. The lowest BCUT2D eigenvalue weighted by atomic mass is 9.58. The summed E-state index contributed by atoms with van der Waals surface area (Å²) in [7, 11) is 7.58. The summed E-state index contributed by atoms with van der Waals surface area (Å²) in [6, 6.07) is 0. The third-order valence-electron chi connectivity index (χ3n) is 28.3. The molecule has 4 heterocycles. The van der Waals surface area contributed by atoms with Gasteiger partial charge in [0, 0.05) is 149 Å². The van der Waals surface area contributed by atoms with E-state index in [0.717, 1.165) is 180 Å². The first-order chi connectivity index (χ1) is 72.3. The summed E-state index contributed by atoms with van der Waals surface area (Å²) in [5.74, 6) is -7.98. The van der Waals surface area contributed by atoms with Crippen molar-refractivity contribution >= 4 is 127 Å². The van der Waals surface area contributed by atoms with Crippen LogP contribution in [0.3, 0.4) is 0 Å². The number of amides is 2. The van der Waals surface area contributed by atoms with Gasteiger partial charge in [-0.3, -0.25) is 76.9 Å². The molecule has 4 saturated heterocycles. The van der Waals surface area contributed by atoms with E-state index in [9.17, 15) is 77.3 Å². The lowest BCUT2D eigenvalue weighted by Crippen LogP contribution is -2.56. The Morgan fingerprint density at radius 1 is 0.347 bits per heavy atom. The second-order valence-electron chi connectivity index (χ2n) is 42.8. The van der Waals surface area contributed by atoms with Gasteiger partial charge in [0.2, 0.25) is 5.91 Å². The number of aliphatic carboxylic acids is 2. The Labute approximate surface area is 916 Å². The zero-order valence-corrected chi connectivity index (χ0v) is 97.3.